The van der Waals surface area contributed by atoms with Crippen molar-refractivity contribution in [3.05, 3.63) is 97.1 Å². The van der Waals surface area contributed by atoms with E-state index >= 15 is 0 Å². The molecule has 0 spiro atoms. The monoisotopic (exact) mass is 414 g/mol. The molecule has 32 heavy (non-hydrogen) atoms. The van der Waals surface area contributed by atoms with Gasteiger partial charge >= 0.3 is 0 Å². The third-order valence-corrected chi connectivity index (χ3v) is 5.55. The molecule has 2 N–H and O–H groups in total. The molecule has 0 radical (unpaired) electrons. The Morgan fingerprint density at radius 3 is 2.03 bits per heavy atom. The Kier molecular flexibility index (Phi) is 4.18. The summed E-state index contributed by atoms with van der Waals surface area (Å²) in [6.45, 7) is 0. The van der Waals surface area contributed by atoms with E-state index < -0.39 is 0 Å². The SMILES string of the molecule is Oc1ccccc1-c1nc2ccc3[nH]c(-c4ccccc4)c(-c4ccccc4)nc3c2n1. The van der Waals surface area contributed by atoms with Crippen LogP contribution in [0.25, 0.3) is 56.0 Å². The summed E-state index contributed by atoms with van der Waals surface area (Å²) in [5.41, 5.74) is 7.54. The van der Waals surface area contributed by atoms with Crippen LogP contribution in [0.4, 0.5) is 0 Å². The zero-order chi connectivity index (χ0) is 21.5. The highest BCUT2D eigenvalue weighted by molar-refractivity contribution is 6.03. The Balaban J connectivity index is 1.64. The minimum Gasteiger partial charge on any atom is -0.507 e. The third-order valence-electron chi connectivity index (χ3n) is 5.55. The van der Waals surface area contributed by atoms with Gasteiger partial charge in [-0.05, 0) is 24.3 Å². The zero-order valence-corrected chi connectivity index (χ0v) is 17.0. The molecule has 0 aliphatic heterocycles. The first kappa shape index (κ1) is 18.3. The summed E-state index contributed by atoms with van der Waals surface area (Å²) in [7, 11) is 0. The maximum atomic E-state index is 10.3. The molecule has 0 fully saturated rings. The molecular weight excluding hydrogens is 396 g/mol. The number of imidazole rings is 1. The quantitative estimate of drug-likeness (QED) is 0.361. The van der Waals surface area contributed by atoms with Crippen LogP contribution in [-0.2, 0) is 0 Å². The molecule has 4 aromatic carbocycles. The molecule has 6 rings (SSSR count). The minimum atomic E-state index is 0.156. The average molecular weight is 414 g/mol. The maximum absolute atomic E-state index is 10.3. The number of phenols is 1. The standard InChI is InChI=1S/C27H18N4O/c32-22-14-8-7-13-19(22)27-29-21-16-15-20-25(26(21)31-27)30-24(18-11-5-2-6-12-18)23(28-20)17-9-3-1-4-10-17/h1-16,28,32H. The molecular formula is C27H18N4O. The highest BCUT2D eigenvalue weighted by Crippen LogP contribution is 2.34. The molecule has 0 unspecified atom stereocenters. The summed E-state index contributed by atoms with van der Waals surface area (Å²) >= 11 is 0. The van der Waals surface area contributed by atoms with E-state index in [1.807, 2.05) is 60.7 Å². The highest BCUT2D eigenvalue weighted by Gasteiger charge is 2.17. The number of nitrogens with zero attached hydrogens (tertiary/aromatic N) is 3. The van der Waals surface area contributed by atoms with Crippen LogP contribution >= 0.6 is 0 Å². The second-order valence-electron chi connectivity index (χ2n) is 7.59. The summed E-state index contributed by atoms with van der Waals surface area (Å²) in [6.07, 6.45) is 0. The van der Waals surface area contributed by atoms with Crippen LogP contribution < -0.4 is 0 Å². The van der Waals surface area contributed by atoms with Crippen molar-refractivity contribution in [1.82, 2.24) is 19.9 Å². The first-order valence-corrected chi connectivity index (χ1v) is 10.4. The van der Waals surface area contributed by atoms with Crippen molar-refractivity contribution in [2.45, 2.75) is 0 Å². The van der Waals surface area contributed by atoms with Gasteiger partial charge in [0.05, 0.1) is 28.0 Å². The first-order valence-electron chi connectivity index (χ1n) is 10.4. The lowest BCUT2D eigenvalue weighted by Gasteiger charge is -2.12. The topological polar surface area (TPSA) is 74.7 Å². The Bertz CT molecular complexity index is 1570. The third kappa shape index (κ3) is 2.99. The molecule has 152 valence electrons. The predicted octanol–water partition coefficient (Wildman–Crippen LogP) is 6.21. The van der Waals surface area contributed by atoms with Gasteiger partial charge in [-0.15, -0.1) is 0 Å². The summed E-state index contributed by atoms with van der Waals surface area (Å²) in [4.78, 5) is 18.1. The van der Waals surface area contributed by atoms with E-state index in [4.69, 9.17) is 9.97 Å². The predicted molar refractivity (Wildman–Crippen MR) is 127 cm³/mol. The van der Waals surface area contributed by atoms with E-state index in [2.05, 4.69) is 34.2 Å². The van der Waals surface area contributed by atoms with Gasteiger partial charge < -0.3 is 10.1 Å². The summed E-state index contributed by atoms with van der Waals surface area (Å²) in [6, 6.07) is 31.3. The molecule has 6 aromatic rings. The molecule has 0 saturated carbocycles. The lowest BCUT2D eigenvalue weighted by atomic mass is 10.0. The molecule has 0 saturated heterocycles. The number of aromatic hydroxyl groups is 1. The fourth-order valence-electron chi connectivity index (χ4n) is 3.99. The van der Waals surface area contributed by atoms with E-state index in [0.29, 0.717) is 16.9 Å². The van der Waals surface area contributed by atoms with Crippen molar-refractivity contribution >= 4 is 22.1 Å². The summed E-state index contributed by atoms with van der Waals surface area (Å²) in [5.74, 6) is 0.642. The Hall–Kier alpha value is -4.51. The number of nitrogens with one attached hydrogen (secondary N) is 1. The molecule has 0 aliphatic carbocycles. The van der Waals surface area contributed by atoms with Gasteiger partial charge in [-0.2, -0.15) is 0 Å². The zero-order valence-electron chi connectivity index (χ0n) is 17.0. The molecule has 0 amide bonds. The van der Waals surface area contributed by atoms with Crippen molar-refractivity contribution < 1.29 is 5.11 Å². The van der Waals surface area contributed by atoms with E-state index in [-0.39, 0.29) is 5.75 Å². The number of rotatable bonds is 3. The van der Waals surface area contributed by atoms with Gasteiger partial charge in [-0.25, -0.2) is 15.0 Å². The molecule has 0 aliphatic rings. The van der Waals surface area contributed by atoms with Crippen LogP contribution in [0.15, 0.2) is 97.1 Å². The molecule has 2 aromatic heterocycles. The number of aromatic nitrogens is 4. The number of hydrogen-bond acceptors (Lipinski definition) is 4. The van der Waals surface area contributed by atoms with Gasteiger partial charge in [0.2, 0.25) is 0 Å². The van der Waals surface area contributed by atoms with Crippen LogP contribution in [0.2, 0.25) is 0 Å². The smallest absolute Gasteiger partial charge is 0.164 e. The van der Waals surface area contributed by atoms with Crippen LogP contribution in [0.1, 0.15) is 0 Å². The number of para-hydroxylation sites is 1. The number of H-pyrrole nitrogens is 1. The lowest BCUT2D eigenvalue weighted by molar-refractivity contribution is 0.477. The fraction of sp³-hybridized carbons (Fsp3) is 0. The largest absolute Gasteiger partial charge is 0.507 e. The number of phenolic OH excluding ortho intramolecular Hbond substituents is 1. The van der Waals surface area contributed by atoms with E-state index in [1.54, 1.807) is 12.1 Å². The van der Waals surface area contributed by atoms with Gasteiger partial charge in [-0.3, -0.25) is 0 Å². The lowest BCUT2D eigenvalue weighted by Crippen LogP contribution is -1.96. The average Bonchev–Trinajstić information content (AvgIpc) is 3.29. The molecule has 5 heteroatoms. The van der Waals surface area contributed by atoms with Crippen LogP contribution in [0, 0.1) is 0 Å². The number of hydrogen-bond donors (Lipinski definition) is 2. The van der Waals surface area contributed by atoms with Crippen LogP contribution in [-0.4, -0.2) is 25.0 Å². The second-order valence-corrected chi connectivity index (χ2v) is 7.59. The number of fused-ring (bicyclic) bond motifs is 3. The van der Waals surface area contributed by atoms with Gasteiger partial charge in [0.1, 0.15) is 16.8 Å². The van der Waals surface area contributed by atoms with Crippen molar-refractivity contribution in [1.29, 1.82) is 0 Å². The number of benzene rings is 4. The summed E-state index contributed by atoms with van der Waals surface area (Å²) in [5, 5.41) is 10.3. The van der Waals surface area contributed by atoms with E-state index in [0.717, 1.165) is 39.1 Å². The van der Waals surface area contributed by atoms with Gasteiger partial charge in [0.25, 0.3) is 0 Å². The number of aromatic amines is 1. The molecule has 2 heterocycles. The van der Waals surface area contributed by atoms with E-state index in [9.17, 15) is 5.11 Å². The second kappa shape index (κ2) is 7.32. The Labute approximate surface area is 184 Å². The van der Waals surface area contributed by atoms with Crippen molar-refractivity contribution in [3.8, 4) is 39.7 Å². The summed E-state index contributed by atoms with van der Waals surface area (Å²) < 4.78 is 0. The Morgan fingerprint density at radius 2 is 1.28 bits per heavy atom. The fourth-order valence-corrected chi connectivity index (χ4v) is 3.99. The van der Waals surface area contributed by atoms with Gasteiger partial charge in [0, 0.05) is 11.1 Å². The van der Waals surface area contributed by atoms with Crippen molar-refractivity contribution in [2.24, 2.45) is 0 Å². The minimum absolute atomic E-state index is 0.156. The molecule has 5 nitrogen and oxygen atoms in total. The van der Waals surface area contributed by atoms with Crippen molar-refractivity contribution in [3.63, 3.8) is 0 Å². The maximum Gasteiger partial charge on any atom is 0.164 e. The molecule has 0 atom stereocenters. The van der Waals surface area contributed by atoms with Crippen LogP contribution in [0.3, 0.4) is 0 Å². The van der Waals surface area contributed by atoms with Crippen LogP contribution in [0.5, 0.6) is 5.75 Å². The van der Waals surface area contributed by atoms with Gasteiger partial charge in [0.15, 0.2) is 5.82 Å². The molecule has 0 bridgehead atoms. The van der Waals surface area contributed by atoms with Crippen molar-refractivity contribution in [2.75, 3.05) is 0 Å². The highest BCUT2D eigenvalue weighted by atomic mass is 16.3. The first-order chi connectivity index (χ1) is 15.8. The Morgan fingerprint density at radius 1 is 0.594 bits per heavy atom. The van der Waals surface area contributed by atoms with E-state index in [1.165, 1.54) is 0 Å². The normalized spacial score (nSPS) is 11.2. The van der Waals surface area contributed by atoms with Gasteiger partial charge in [-0.1, -0.05) is 72.8 Å².